The van der Waals surface area contributed by atoms with Crippen LogP contribution < -0.4 is 5.73 Å². The summed E-state index contributed by atoms with van der Waals surface area (Å²) in [6.45, 7) is 2.57. The van der Waals surface area contributed by atoms with Gasteiger partial charge in [-0.3, -0.25) is 0 Å². The van der Waals surface area contributed by atoms with Crippen LogP contribution in [0.3, 0.4) is 0 Å². The Morgan fingerprint density at radius 3 is 2.48 bits per heavy atom. The highest BCUT2D eigenvalue weighted by Gasteiger charge is 2.22. The summed E-state index contributed by atoms with van der Waals surface area (Å²) in [6.07, 6.45) is 0.723. The summed E-state index contributed by atoms with van der Waals surface area (Å²) >= 11 is 0. The normalized spacial score (nSPS) is 12.1. The van der Waals surface area contributed by atoms with Crippen LogP contribution >= 0.6 is 0 Å². The molecule has 0 spiro atoms. The molecule has 138 valence electrons. The van der Waals surface area contributed by atoms with Gasteiger partial charge in [-0.2, -0.15) is 0 Å². The third-order valence-electron chi connectivity index (χ3n) is 5.34. The highest BCUT2D eigenvalue weighted by atomic mass is 32.2. The van der Waals surface area contributed by atoms with E-state index in [1.54, 1.807) is 24.3 Å². The van der Waals surface area contributed by atoms with E-state index in [4.69, 9.17) is 5.73 Å². The summed E-state index contributed by atoms with van der Waals surface area (Å²) in [7, 11) is -1.64. The lowest BCUT2D eigenvalue weighted by Gasteiger charge is -2.09. The van der Waals surface area contributed by atoms with Gasteiger partial charge in [0.15, 0.2) is 0 Å². The molecule has 0 unspecified atom stereocenters. The van der Waals surface area contributed by atoms with Crippen molar-refractivity contribution in [1.82, 2.24) is 4.57 Å². The van der Waals surface area contributed by atoms with Crippen molar-refractivity contribution in [3.8, 4) is 0 Å². The first-order chi connectivity index (χ1) is 12.9. The number of rotatable bonds is 4. The molecule has 0 saturated carbocycles. The van der Waals surface area contributed by atoms with Crippen molar-refractivity contribution in [1.29, 1.82) is 0 Å². The van der Waals surface area contributed by atoms with E-state index in [1.807, 2.05) is 50.4 Å². The first-order valence-electron chi connectivity index (χ1n) is 8.96. The van der Waals surface area contributed by atoms with Crippen LogP contribution in [0.5, 0.6) is 0 Å². The quantitative estimate of drug-likeness (QED) is 0.584. The zero-order valence-electron chi connectivity index (χ0n) is 15.4. The molecule has 0 radical (unpaired) electrons. The Balaban J connectivity index is 1.97. The van der Waals surface area contributed by atoms with Crippen LogP contribution in [0.2, 0.25) is 0 Å². The average molecular weight is 378 g/mol. The Labute approximate surface area is 159 Å². The van der Waals surface area contributed by atoms with E-state index in [0.717, 1.165) is 39.4 Å². The molecule has 0 saturated heterocycles. The minimum absolute atomic E-state index is 0.315. The molecule has 4 rings (SSSR count). The summed E-state index contributed by atoms with van der Waals surface area (Å²) in [5.41, 5.74) is 9.04. The fourth-order valence-corrected chi connectivity index (χ4v) is 5.32. The smallest absolute Gasteiger partial charge is 0.207 e. The van der Waals surface area contributed by atoms with Gasteiger partial charge in [-0.1, -0.05) is 36.4 Å². The minimum Gasteiger partial charge on any atom is -0.348 e. The van der Waals surface area contributed by atoms with Gasteiger partial charge in [0.05, 0.1) is 9.79 Å². The zero-order chi connectivity index (χ0) is 19.2. The van der Waals surface area contributed by atoms with Gasteiger partial charge in [-0.25, -0.2) is 8.42 Å². The summed E-state index contributed by atoms with van der Waals surface area (Å²) in [5, 5.41) is 2.62. The van der Waals surface area contributed by atoms with Crippen LogP contribution in [-0.4, -0.2) is 19.5 Å². The molecular formula is C22H22N2O2S. The van der Waals surface area contributed by atoms with E-state index >= 15 is 0 Å². The molecule has 1 aromatic heterocycles. The molecule has 27 heavy (non-hydrogen) atoms. The molecule has 0 aliphatic heterocycles. The first-order valence-corrected chi connectivity index (χ1v) is 10.4. The minimum atomic E-state index is -3.63. The number of fused-ring (bicyclic) bond motifs is 2. The molecule has 0 aliphatic carbocycles. The third kappa shape index (κ3) is 2.74. The second-order valence-electron chi connectivity index (χ2n) is 6.82. The van der Waals surface area contributed by atoms with E-state index in [0.29, 0.717) is 16.3 Å². The van der Waals surface area contributed by atoms with Crippen LogP contribution in [0.4, 0.5) is 0 Å². The van der Waals surface area contributed by atoms with Gasteiger partial charge >= 0.3 is 0 Å². The monoisotopic (exact) mass is 378 g/mol. The second-order valence-corrected chi connectivity index (χ2v) is 8.74. The second kappa shape index (κ2) is 6.51. The van der Waals surface area contributed by atoms with Gasteiger partial charge in [0.2, 0.25) is 9.84 Å². The van der Waals surface area contributed by atoms with E-state index in [-0.39, 0.29) is 0 Å². The number of aromatic nitrogens is 1. The fraction of sp³-hybridized carbons (Fsp3) is 0.182. The van der Waals surface area contributed by atoms with Crippen LogP contribution in [0.25, 0.3) is 21.7 Å². The largest absolute Gasteiger partial charge is 0.348 e. The maximum atomic E-state index is 13.4. The van der Waals surface area contributed by atoms with Crippen molar-refractivity contribution in [2.24, 2.45) is 12.8 Å². The van der Waals surface area contributed by atoms with Crippen molar-refractivity contribution in [2.75, 3.05) is 6.54 Å². The number of nitrogens with two attached hydrogens (primary N) is 1. The standard InChI is InChI=1S/C22H22N2O2S/c1-15-18(12-13-23)20-14-17(10-11-21(20)24(15)2)27(25,26)22-9-5-7-16-6-3-4-8-19(16)22/h3-11,14H,12-13,23H2,1-2H3. The Kier molecular flexibility index (Phi) is 4.29. The summed E-state index contributed by atoms with van der Waals surface area (Å²) < 4.78 is 28.9. The summed E-state index contributed by atoms with van der Waals surface area (Å²) in [5.74, 6) is 0. The first kappa shape index (κ1) is 17.8. The van der Waals surface area contributed by atoms with Gasteiger partial charge in [0.25, 0.3) is 0 Å². The molecule has 0 atom stereocenters. The lowest BCUT2D eigenvalue weighted by atomic mass is 10.1. The molecule has 4 nitrogen and oxygen atoms in total. The molecule has 1 heterocycles. The molecule has 0 aliphatic rings. The van der Waals surface area contributed by atoms with Crippen molar-refractivity contribution < 1.29 is 8.42 Å². The topological polar surface area (TPSA) is 65.1 Å². The lowest BCUT2D eigenvalue weighted by Crippen LogP contribution is -2.04. The Morgan fingerprint density at radius 1 is 0.963 bits per heavy atom. The summed E-state index contributed by atoms with van der Waals surface area (Å²) in [6, 6.07) is 18.3. The number of aryl methyl sites for hydroxylation is 1. The van der Waals surface area contributed by atoms with Crippen molar-refractivity contribution in [3.63, 3.8) is 0 Å². The van der Waals surface area contributed by atoms with Crippen molar-refractivity contribution >= 4 is 31.5 Å². The van der Waals surface area contributed by atoms with E-state index < -0.39 is 9.84 Å². The van der Waals surface area contributed by atoms with Crippen molar-refractivity contribution in [3.05, 3.63) is 71.9 Å². The van der Waals surface area contributed by atoms with Crippen LogP contribution in [0.15, 0.2) is 70.5 Å². The Hall–Kier alpha value is -2.63. The molecule has 0 fully saturated rings. The number of nitrogens with zero attached hydrogens (tertiary/aromatic N) is 1. The van der Waals surface area contributed by atoms with Gasteiger partial charge < -0.3 is 10.3 Å². The highest BCUT2D eigenvalue weighted by Crippen LogP contribution is 2.32. The average Bonchev–Trinajstić information content (AvgIpc) is 2.92. The van der Waals surface area contributed by atoms with Crippen LogP contribution in [0.1, 0.15) is 11.3 Å². The van der Waals surface area contributed by atoms with Crippen molar-refractivity contribution in [2.45, 2.75) is 23.1 Å². The highest BCUT2D eigenvalue weighted by molar-refractivity contribution is 7.91. The molecule has 4 aromatic rings. The fourth-order valence-electron chi connectivity index (χ4n) is 3.81. The predicted molar refractivity (Wildman–Crippen MR) is 110 cm³/mol. The summed E-state index contributed by atoms with van der Waals surface area (Å²) in [4.78, 5) is 0.656. The molecular weight excluding hydrogens is 356 g/mol. The van der Waals surface area contributed by atoms with E-state index in [2.05, 4.69) is 4.57 Å². The van der Waals surface area contributed by atoms with E-state index in [9.17, 15) is 8.42 Å². The maximum absolute atomic E-state index is 13.4. The number of sulfone groups is 1. The Morgan fingerprint density at radius 2 is 1.70 bits per heavy atom. The van der Waals surface area contributed by atoms with Crippen LogP contribution in [-0.2, 0) is 23.3 Å². The zero-order valence-corrected chi connectivity index (χ0v) is 16.3. The number of hydrogen-bond acceptors (Lipinski definition) is 3. The van der Waals surface area contributed by atoms with Gasteiger partial charge in [0.1, 0.15) is 0 Å². The number of benzene rings is 3. The Bertz CT molecular complexity index is 1270. The van der Waals surface area contributed by atoms with Gasteiger partial charge in [-0.15, -0.1) is 0 Å². The predicted octanol–water partition coefficient (Wildman–Crippen LogP) is 3.97. The third-order valence-corrected chi connectivity index (χ3v) is 7.15. The lowest BCUT2D eigenvalue weighted by molar-refractivity contribution is 0.597. The van der Waals surface area contributed by atoms with Gasteiger partial charge in [0, 0.05) is 29.0 Å². The van der Waals surface area contributed by atoms with Gasteiger partial charge in [-0.05, 0) is 55.1 Å². The molecule has 0 bridgehead atoms. The SMILES string of the molecule is Cc1c(CCN)c2cc(S(=O)(=O)c3cccc4ccccc34)ccc2n1C. The molecule has 5 heteroatoms. The van der Waals surface area contributed by atoms with E-state index in [1.165, 1.54) is 0 Å². The molecule has 3 aromatic carbocycles. The molecule has 2 N–H and O–H groups in total. The maximum Gasteiger partial charge on any atom is 0.207 e. The van der Waals surface area contributed by atoms with Crippen LogP contribution in [0, 0.1) is 6.92 Å². The molecule has 0 amide bonds. The number of hydrogen-bond donors (Lipinski definition) is 1.